The number of hydrogen-bond donors (Lipinski definition) is 1. The Balaban J connectivity index is 1.32. The highest BCUT2D eigenvalue weighted by Crippen LogP contribution is 2.40. The van der Waals surface area contributed by atoms with E-state index in [9.17, 15) is 4.79 Å². The van der Waals surface area contributed by atoms with Crippen molar-refractivity contribution in [2.45, 2.75) is 49.6 Å². The SMILES string of the molecule is CCn1c(SCc2csc(CC(=O)Nc3ccccc3)n2)nnc1C1CC1. The number of benzene rings is 1. The minimum Gasteiger partial charge on any atom is -0.326 e. The summed E-state index contributed by atoms with van der Waals surface area (Å²) in [5.41, 5.74) is 1.78. The van der Waals surface area contributed by atoms with Gasteiger partial charge in [0.2, 0.25) is 5.91 Å². The highest BCUT2D eigenvalue weighted by molar-refractivity contribution is 7.98. The summed E-state index contributed by atoms with van der Waals surface area (Å²) in [5.74, 6) is 2.41. The number of carbonyl (C=O) groups is 1. The Bertz CT molecular complexity index is 917. The van der Waals surface area contributed by atoms with E-state index in [0.717, 1.165) is 39.7 Å². The molecule has 3 aromatic rings. The molecule has 140 valence electrons. The van der Waals surface area contributed by atoms with Crippen LogP contribution in [-0.2, 0) is 23.5 Å². The van der Waals surface area contributed by atoms with Crippen LogP contribution in [0.5, 0.6) is 0 Å². The number of carbonyl (C=O) groups excluding carboxylic acids is 1. The summed E-state index contributed by atoms with van der Waals surface area (Å²) in [5, 5.41) is 15.4. The number of aromatic nitrogens is 4. The van der Waals surface area contributed by atoms with Crippen LogP contribution >= 0.6 is 23.1 Å². The average molecular weight is 400 g/mol. The summed E-state index contributed by atoms with van der Waals surface area (Å²) in [6.07, 6.45) is 2.74. The Labute approximate surface area is 166 Å². The lowest BCUT2D eigenvalue weighted by atomic mass is 10.3. The number of nitrogens with one attached hydrogen (secondary N) is 1. The van der Waals surface area contributed by atoms with Crippen molar-refractivity contribution >= 4 is 34.7 Å². The predicted octanol–water partition coefficient (Wildman–Crippen LogP) is 4.11. The number of para-hydroxylation sites is 1. The van der Waals surface area contributed by atoms with Crippen molar-refractivity contribution in [3.63, 3.8) is 0 Å². The molecule has 1 N–H and O–H groups in total. The quantitative estimate of drug-likeness (QED) is 0.577. The average Bonchev–Trinajstić information content (AvgIpc) is 3.28. The van der Waals surface area contributed by atoms with E-state index in [0.29, 0.717) is 12.3 Å². The molecule has 2 heterocycles. The highest BCUT2D eigenvalue weighted by atomic mass is 32.2. The van der Waals surface area contributed by atoms with Crippen LogP contribution in [0.25, 0.3) is 0 Å². The molecule has 6 nitrogen and oxygen atoms in total. The predicted molar refractivity (Wildman–Crippen MR) is 108 cm³/mol. The van der Waals surface area contributed by atoms with Gasteiger partial charge in [-0.05, 0) is 31.9 Å². The zero-order valence-electron chi connectivity index (χ0n) is 15.1. The largest absolute Gasteiger partial charge is 0.326 e. The van der Waals surface area contributed by atoms with E-state index in [2.05, 4.69) is 32.0 Å². The van der Waals surface area contributed by atoms with Crippen molar-refractivity contribution in [2.75, 3.05) is 5.32 Å². The molecule has 0 radical (unpaired) electrons. The highest BCUT2D eigenvalue weighted by Gasteiger charge is 2.29. The molecule has 27 heavy (non-hydrogen) atoms. The Morgan fingerprint density at radius 2 is 2.11 bits per heavy atom. The number of nitrogens with zero attached hydrogens (tertiary/aromatic N) is 4. The number of anilines is 1. The van der Waals surface area contributed by atoms with Gasteiger partial charge in [0.25, 0.3) is 0 Å². The van der Waals surface area contributed by atoms with Crippen LogP contribution in [0.2, 0.25) is 0 Å². The van der Waals surface area contributed by atoms with Gasteiger partial charge in [0.15, 0.2) is 5.16 Å². The van der Waals surface area contributed by atoms with Crippen LogP contribution in [-0.4, -0.2) is 25.7 Å². The fourth-order valence-corrected chi connectivity index (χ4v) is 4.65. The standard InChI is InChI=1S/C19H21N5OS2/c1-2-24-18(13-8-9-13)22-23-19(24)27-12-15-11-26-17(21-15)10-16(25)20-14-6-4-3-5-7-14/h3-7,11,13H,2,8-10,12H2,1H3,(H,20,25). The first-order valence-corrected chi connectivity index (χ1v) is 10.9. The van der Waals surface area contributed by atoms with Crippen molar-refractivity contribution in [3.05, 3.63) is 52.2 Å². The molecule has 8 heteroatoms. The first-order chi connectivity index (χ1) is 13.2. The second kappa shape index (κ2) is 8.22. The van der Waals surface area contributed by atoms with Crippen LogP contribution < -0.4 is 5.32 Å². The number of amides is 1. The molecule has 1 amide bonds. The van der Waals surface area contributed by atoms with Gasteiger partial charge in [0, 0.05) is 29.3 Å². The van der Waals surface area contributed by atoms with Gasteiger partial charge in [0.05, 0.1) is 12.1 Å². The Kier molecular flexibility index (Phi) is 5.54. The normalized spacial score (nSPS) is 13.7. The van der Waals surface area contributed by atoms with Gasteiger partial charge < -0.3 is 9.88 Å². The van der Waals surface area contributed by atoms with E-state index in [1.54, 1.807) is 11.8 Å². The maximum atomic E-state index is 12.2. The molecule has 0 unspecified atom stereocenters. The lowest BCUT2D eigenvalue weighted by Gasteiger charge is -2.05. The van der Waals surface area contributed by atoms with Crippen LogP contribution in [0.3, 0.4) is 0 Å². The topological polar surface area (TPSA) is 72.7 Å². The molecule has 0 saturated heterocycles. The van der Waals surface area contributed by atoms with E-state index in [1.807, 2.05) is 35.7 Å². The van der Waals surface area contributed by atoms with E-state index in [4.69, 9.17) is 0 Å². The molecule has 0 atom stereocenters. The lowest BCUT2D eigenvalue weighted by Crippen LogP contribution is -2.14. The number of hydrogen-bond acceptors (Lipinski definition) is 6. The van der Waals surface area contributed by atoms with Gasteiger partial charge in [-0.25, -0.2) is 4.98 Å². The van der Waals surface area contributed by atoms with Crippen molar-refractivity contribution in [2.24, 2.45) is 0 Å². The van der Waals surface area contributed by atoms with Gasteiger partial charge in [0.1, 0.15) is 10.8 Å². The van der Waals surface area contributed by atoms with E-state index >= 15 is 0 Å². The molecular formula is C19H21N5OS2. The lowest BCUT2D eigenvalue weighted by molar-refractivity contribution is -0.115. The van der Waals surface area contributed by atoms with E-state index in [-0.39, 0.29) is 5.91 Å². The van der Waals surface area contributed by atoms with E-state index < -0.39 is 0 Å². The molecule has 2 aromatic heterocycles. The molecule has 0 bridgehead atoms. The fraction of sp³-hybridized carbons (Fsp3) is 0.368. The number of rotatable bonds is 8. The molecule has 0 spiro atoms. The van der Waals surface area contributed by atoms with Gasteiger partial charge in [-0.2, -0.15) is 0 Å². The van der Waals surface area contributed by atoms with Gasteiger partial charge >= 0.3 is 0 Å². The van der Waals surface area contributed by atoms with E-state index in [1.165, 1.54) is 24.2 Å². The minimum absolute atomic E-state index is 0.0467. The molecule has 1 saturated carbocycles. The van der Waals surface area contributed by atoms with Crippen molar-refractivity contribution in [1.29, 1.82) is 0 Å². The molecule has 0 aliphatic heterocycles. The minimum atomic E-state index is -0.0467. The third kappa shape index (κ3) is 4.56. The molecule has 1 aliphatic rings. The summed E-state index contributed by atoms with van der Waals surface area (Å²) in [7, 11) is 0. The Morgan fingerprint density at radius 1 is 1.30 bits per heavy atom. The van der Waals surface area contributed by atoms with Crippen LogP contribution in [0.15, 0.2) is 40.9 Å². The summed E-state index contributed by atoms with van der Waals surface area (Å²) in [4.78, 5) is 16.8. The fourth-order valence-electron chi connectivity index (χ4n) is 2.85. The maximum Gasteiger partial charge on any atom is 0.231 e. The van der Waals surface area contributed by atoms with Crippen LogP contribution in [0.4, 0.5) is 5.69 Å². The monoisotopic (exact) mass is 399 g/mol. The summed E-state index contributed by atoms with van der Waals surface area (Å²) < 4.78 is 2.21. The van der Waals surface area contributed by atoms with Gasteiger partial charge in [-0.3, -0.25) is 4.79 Å². The molecular weight excluding hydrogens is 378 g/mol. The summed E-state index contributed by atoms with van der Waals surface area (Å²) >= 11 is 3.18. The first-order valence-electron chi connectivity index (χ1n) is 9.07. The van der Waals surface area contributed by atoms with Crippen LogP contribution in [0, 0.1) is 0 Å². The number of thiazole rings is 1. The summed E-state index contributed by atoms with van der Waals surface area (Å²) in [6, 6.07) is 9.48. The zero-order chi connectivity index (χ0) is 18.6. The van der Waals surface area contributed by atoms with Gasteiger partial charge in [-0.15, -0.1) is 21.5 Å². The maximum absolute atomic E-state index is 12.2. The first kappa shape index (κ1) is 18.2. The molecule has 1 fully saturated rings. The second-order valence-corrected chi connectivity index (χ2v) is 8.36. The molecule has 4 rings (SSSR count). The zero-order valence-corrected chi connectivity index (χ0v) is 16.7. The van der Waals surface area contributed by atoms with Crippen LogP contribution in [0.1, 0.15) is 42.2 Å². The summed E-state index contributed by atoms with van der Waals surface area (Å²) in [6.45, 7) is 3.02. The number of thioether (sulfide) groups is 1. The van der Waals surface area contributed by atoms with Crippen molar-refractivity contribution in [1.82, 2.24) is 19.7 Å². The van der Waals surface area contributed by atoms with Crippen molar-refractivity contribution in [3.8, 4) is 0 Å². The molecule has 1 aliphatic carbocycles. The van der Waals surface area contributed by atoms with Crippen molar-refractivity contribution < 1.29 is 4.79 Å². The second-order valence-electron chi connectivity index (χ2n) is 6.47. The third-order valence-corrected chi connectivity index (χ3v) is 6.22. The third-order valence-electron chi connectivity index (χ3n) is 4.32. The smallest absolute Gasteiger partial charge is 0.231 e. The Hall–Kier alpha value is -2.19. The molecule has 1 aromatic carbocycles. The van der Waals surface area contributed by atoms with Gasteiger partial charge in [-0.1, -0.05) is 30.0 Å². The Morgan fingerprint density at radius 3 is 2.85 bits per heavy atom.